The van der Waals surface area contributed by atoms with Gasteiger partial charge in [0, 0.05) is 4.47 Å². The molecule has 1 aromatic heterocycles. The van der Waals surface area contributed by atoms with Crippen LogP contribution in [0.4, 0.5) is 0 Å². The third kappa shape index (κ3) is 2.36. The van der Waals surface area contributed by atoms with Gasteiger partial charge in [-0.25, -0.2) is 0 Å². The first kappa shape index (κ1) is 11.0. The SMILES string of the molecule is C=CCOc1ccc(Br)cc1-c1ccco1. The minimum atomic E-state index is 0.481. The van der Waals surface area contributed by atoms with Gasteiger partial charge in [0.15, 0.2) is 0 Å². The fraction of sp³-hybridized carbons (Fsp3) is 0.0769. The maximum absolute atomic E-state index is 5.57. The Kier molecular flexibility index (Phi) is 3.47. The summed E-state index contributed by atoms with van der Waals surface area (Å²) >= 11 is 3.43. The van der Waals surface area contributed by atoms with Crippen molar-refractivity contribution in [3.05, 3.63) is 53.7 Å². The van der Waals surface area contributed by atoms with E-state index in [9.17, 15) is 0 Å². The molecule has 0 aliphatic rings. The van der Waals surface area contributed by atoms with Crippen LogP contribution in [0.3, 0.4) is 0 Å². The largest absolute Gasteiger partial charge is 0.489 e. The van der Waals surface area contributed by atoms with E-state index in [1.54, 1.807) is 12.3 Å². The predicted molar refractivity (Wildman–Crippen MR) is 67.5 cm³/mol. The summed E-state index contributed by atoms with van der Waals surface area (Å²) in [4.78, 5) is 0. The second kappa shape index (κ2) is 5.03. The van der Waals surface area contributed by atoms with Crippen molar-refractivity contribution in [3.8, 4) is 17.1 Å². The topological polar surface area (TPSA) is 22.4 Å². The Balaban J connectivity index is 2.40. The summed E-state index contributed by atoms with van der Waals surface area (Å²) in [7, 11) is 0. The lowest BCUT2D eigenvalue weighted by atomic mass is 10.1. The summed E-state index contributed by atoms with van der Waals surface area (Å²) in [5.74, 6) is 1.58. The maximum Gasteiger partial charge on any atom is 0.137 e. The molecule has 0 radical (unpaired) electrons. The van der Waals surface area contributed by atoms with Crippen LogP contribution >= 0.6 is 15.9 Å². The maximum atomic E-state index is 5.57. The molecule has 2 rings (SSSR count). The zero-order valence-electron chi connectivity index (χ0n) is 8.65. The van der Waals surface area contributed by atoms with Crippen molar-refractivity contribution in [2.45, 2.75) is 0 Å². The van der Waals surface area contributed by atoms with Gasteiger partial charge in [0.1, 0.15) is 18.1 Å². The molecular weight excluding hydrogens is 268 g/mol. The molecule has 0 N–H and O–H groups in total. The standard InChI is InChI=1S/C13H11BrO2/c1-2-7-15-13-6-5-10(14)9-11(13)12-4-3-8-16-12/h2-6,8-9H,1,7H2. The van der Waals surface area contributed by atoms with Crippen LogP contribution in [-0.4, -0.2) is 6.61 Å². The minimum absolute atomic E-state index is 0.481. The molecule has 2 aromatic rings. The molecule has 1 heterocycles. The highest BCUT2D eigenvalue weighted by atomic mass is 79.9. The second-order valence-electron chi connectivity index (χ2n) is 3.22. The molecule has 82 valence electrons. The molecule has 0 aliphatic heterocycles. The lowest BCUT2D eigenvalue weighted by Crippen LogP contribution is -1.94. The summed E-state index contributed by atoms with van der Waals surface area (Å²) < 4.78 is 11.9. The number of hydrogen-bond donors (Lipinski definition) is 0. The van der Waals surface area contributed by atoms with Gasteiger partial charge in [0.25, 0.3) is 0 Å². The van der Waals surface area contributed by atoms with E-state index in [0.29, 0.717) is 6.61 Å². The smallest absolute Gasteiger partial charge is 0.137 e. The minimum Gasteiger partial charge on any atom is -0.489 e. The molecule has 0 saturated heterocycles. The lowest BCUT2D eigenvalue weighted by Gasteiger charge is -2.08. The molecule has 0 spiro atoms. The zero-order chi connectivity index (χ0) is 11.4. The Labute approximate surface area is 103 Å². The molecule has 0 fully saturated rings. The van der Waals surface area contributed by atoms with E-state index in [0.717, 1.165) is 21.5 Å². The van der Waals surface area contributed by atoms with Gasteiger partial charge in [-0.2, -0.15) is 0 Å². The molecule has 1 aromatic carbocycles. The van der Waals surface area contributed by atoms with Crippen molar-refractivity contribution in [1.82, 2.24) is 0 Å². The molecule has 0 atom stereocenters. The number of halogens is 1. The Morgan fingerprint density at radius 2 is 2.25 bits per heavy atom. The Hall–Kier alpha value is -1.48. The molecule has 0 bridgehead atoms. The number of rotatable bonds is 4. The number of ether oxygens (including phenoxy) is 1. The molecule has 16 heavy (non-hydrogen) atoms. The second-order valence-corrected chi connectivity index (χ2v) is 4.13. The summed E-state index contributed by atoms with van der Waals surface area (Å²) in [6.07, 6.45) is 3.36. The van der Waals surface area contributed by atoms with Crippen LogP contribution < -0.4 is 4.74 Å². The quantitative estimate of drug-likeness (QED) is 0.780. The van der Waals surface area contributed by atoms with Gasteiger partial charge in [-0.05, 0) is 30.3 Å². The van der Waals surface area contributed by atoms with Crippen molar-refractivity contribution in [2.75, 3.05) is 6.61 Å². The van der Waals surface area contributed by atoms with Crippen LogP contribution in [0.15, 0.2) is 58.1 Å². The van der Waals surface area contributed by atoms with Crippen LogP contribution in [-0.2, 0) is 0 Å². The van der Waals surface area contributed by atoms with Gasteiger partial charge < -0.3 is 9.15 Å². The Morgan fingerprint density at radius 1 is 1.38 bits per heavy atom. The molecular formula is C13H11BrO2. The molecule has 0 unspecified atom stereocenters. The third-order valence-electron chi connectivity index (χ3n) is 2.08. The van der Waals surface area contributed by atoms with Crippen molar-refractivity contribution in [3.63, 3.8) is 0 Å². The van der Waals surface area contributed by atoms with Crippen LogP contribution in [0.25, 0.3) is 11.3 Å². The highest BCUT2D eigenvalue weighted by molar-refractivity contribution is 9.10. The van der Waals surface area contributed by atoms with Gasteiger partial charge in [-0.1, -0.05) is 28.6 Å². The van der Waals surface area contributed by atoms with E-state index >= 15 is 0 Å². The molecule has 0 amide bonds. The predicted octanol–water partition coefficient (Wildman–Crippen LogP) is 4.27. The van der Waals surface area contributed by atoms with Crippen molar-refractivity contribution in [2.24, 2.45) is 0 Å². The van der Waals surface area contributed by atoms with E-state index in [2.05, 4.69) is 22.5 Å². The van der Waals surface area contributed by atoms with Gasteiger partial charge in [-0.15, -0.1) is 0 Å². The van der Waals surface area contributed by atoms with Gasteiger partial charge in [0.2, 0.25) is 0 Å². The lowest BCUT2D eigenvalue weighted by molar-refractivity contribution is 0.363. The number of furan rings is 1. The highest BCUT2D eigenvalue weighted by Gasteiger charge is 2.09. The first-order valence-electron chi connectivity index (χ1n) is 4.88. The van der Waals surface area contributed by atoms with E-state index < -0.39 is 0 Å². The van der Waals surface area contributed by atoms with Crippen LogP contribution in [0, 0.1) is 0 Å². The fourth-order valence-electron chi connectivity index (χ4n) is 1.40. The molecule has 3 heteroatoms. The zero-order valence-corrected chi connectivity index (χ0v) is 10.2. The van der Waals surface area contributed by atoms with E-state index in [1.807, 2.05) is 30.3 Å². The summed E-state index contributed by atoms with van der Waals surface area (Å²) in [6.45, 7) is 4.11. The number of hydrogen-bond acceptors (Lipinski definition) is 2. The average molecular weight is 279 g/mol. The summed E-state index contributed by atoms with van der Waals surface area (Å²) in [6, 6.07) is 9.57. The average Bonchev–Trinajstić information content (AvgIpc) is 2.80. The van der Waals surface area contributed by atoms with E-state index in [-0.39, 0.29) is 0 Å². The van der Waals surface area contributed by atoms with Crippen LogP contribution in [0.1, 0.15) is 0 Å². The van der Waals surface area contributed by atoms with Crippen molar-refractivity contribution >= 4 is 15.9 Å². The van der Waals surface area contributed by atoms with Gasteiger partial charge >= 0.3 is 0 Å². The molecule has 0 saturated carbocycles. The fourth-order valence-corrected chi connectivity index (χ4v) is 1.76. The van der Waals surface area contributed by atoms with E-state index in [4.69, 9.17) is 9.15 Å². The monoisotopic (exact) mass is 278 g/mol. The number of benzene rings is 1. The van der Waals surface area contributed by atoms with Crippen LogP contribution in [0.5, 0.6) is 5.75 Å². The molecule has 2 nitrogen and oxygen atoms in total. The van der Waals surface area contributed by atoms with Gasteiger partial charge in [-0.3, -0.25) is 0 Å². The van der Waals surface area contributed by atoms with Crippen molar-refractivity contribution < 1.29 is 9.15 Å². The highest BCUT2D eigenvalue weighted by Crippen LogP contribution is 2.32. The first-order valence-corrected chi connectivity index (χ1v) is 5.67. The Bertz CT molecular complexity index is 475. The van der Waals surface area contributed by atoms with Crippen molar-refractivity contribution in [1.29, 1.82) is 0 Å². The van der Waals surface area contributed by atoms with E-state index in [1.165, 1.54) is 0 Å². The van der Waals surface area contributed by atoms with Crippen LogP contribution in [0.2, 0.25) is 0 Å². The molecule has 0 aliphatic carbocycles. The normalized spacial score (nSPS) is 10.1. The Morgan fingerprint density at radius 3 is 2.94 bits per heavy atom. The third-order valence-corrected chi connectivity index (χ3v) is 2.58. The van der Waals surface area contributed by atoms with Gasteiger partial charge in [0.05, 0.1) is 11.8 Å². The summed E-state index contributed by atoms with van der Waals surface area (Å²) in [5, 5.41) is 0. The summed E-state index contributed by atoms with van der Waals surface area (Å²) in [5.41, 5.74) is 0.932. The first-order chi connectivity index (χ1) is 7.81.